The number of hydrogen-bond donors (Lipinski definition) is 3. The molecule has 0 saturated carbocycles. The quantitative estimate of drug-likeness (QED) is 0.783. The van der Waals surface area contributed by atoms with Crippen LogP contribution >= 0.6 is 0 Å². The molecular formula is C15H17N5O2. The summed E-state index contributed by atoms with van der Waals surface area (Å²) in [6.45, 7) is 1.61. The number of fused-ring (bicyclic) bond motifs is 1. The van der Waals surface area contributed by atoms with Gasteiger partial charge in [-0.15, -0.1) is 5.10 Å². The van der Waals surface area contributed by atoms with E-state index in [0.29, 0.717) is 11.4 Å². The largest absolute Gasteiger partial charge is 0.343 e. The van der Waals surface area contributed by atoms with Gasteiger partial charge in [-0.1, -0.05) is 6.07 Å². The normalized spacial score (nSPS) is 12.8. The molecule has 0 aliphatic heterocycles. The number of amides is 2. The van der Waals surface area contributed by atoms with Crippen LogP contribution in [0.4, 0.5) is 5.95 Å². The maximum Gasteiger partial charge on any atom is 0.251 e. The molecule has 0 spiro atoms. The number of H-pyrrole nitrogens is 1. The fourth-order valence-corrected chi connectivity index (χ4v) is 2.54. The number of hydrogen-bond acceptors (Lipinski definition) is 4. The molecule has 3 rings (SSSR count). The van der Waals surface area contributed by atoms with Crippen molar-refractivity contribution in [3.63, 3.8) is 0 Å². The van der Waals surface area contributed by atoms with E-state index in [-0.39, 0.29) is 24.3 Å². The van der Waals surface area contributed by atoms with Crippen LogP contribution in [0.2, 0.25) is 0 Å². The van der Waals surface area contributed by atoms with E-state index in [2.05, 4.69) is 25.8 Å². The van der Waals surface area contributed by atoms with Crippen LogP contribution in [0, 0.1) is 6.92 Å². The summed E-state index contributed by atoms with van der Waals surface area (Å²) in [6.07, 6.45) is 3.23. The summed E-state index contributed by atoms with van der Waals surface area (Å²) in [5, 5.41) is 11.5. The average Bonchev–Trinajstić information content (AvgIpc) is 3.12. The van der Waals surface area contributed by atoms with Crippen LogP contribution in [0.25, 0.3) is 0 Å². The van der Waals surface area contributed by atoms with Crippen molar-refractivity contribution in [3.05, 3.63) is 40.7 Å². The Hall–Kier alpha value is -2.70. The minimum absolute atomic E-state index is 0.122. The summed E-state index contributed by atoms with van der Waals surface area (Å²) in [4.78, 5) is 27.8. The van der Waals surface area contributed by atoms with Gasteiger partial charge in [-0.05, 0) is 49.4 Å². The summed E-state index contributed by atoms with van der Waals surface area (Å²) >= 11 is 0. The first-order valence-electron chi connectivity index (χ1n) is 7.20. The number of carbonyl (C=O) groups excluding carboxylic acids is 2. The summed E-state index contributed by atoms with van der Waals surface area (Å²) in [6, 6.07) is 5.71. The molecule has 0 atom stereocenters. The number of nitrogens with one attached hydrogen (secondary N) is 3. The molecular weight excluding hydrogens is 282 g/mol. The Morgan fingerprint density at radius 2 is 2.09 bits per heavy atom. The summed E-state index contributed by atoms with van der Waals surface area (Å²) in [7, 11) is 0. The first kappa shape index (κ1) is 14.2. The van der Waals surface area contributed by atoms with Crippen molar-refractivity contribution in [2.24, 2.45) is 0 Å². The number of aryl methyl sites for hydroxylation is 3. The van der Waals surface area contributed by atoms with Crippen LogP contribution in [0.3, 0.4) is 0 Å². The van der Waals surface area contributed by atoms with Gasteiger partial charge in [0.05, 0.1) is 6.54 Å². The maximum absolute atomic E-state index is 12.1. The lowest BCUT2D eigenvalue weighted by Gasteiger charge is -2.06. The standard InChI is InChI=1S/C15H17N5O2/c1-9-17-15(20-19-9)18-13(21)8-16-14(22)12-6-5-10-3-2-4-11(10)7-12/h5-7H,2-4,8H2,1H3,(H,16,22)(H2,17,18,19,20,21). The topological polar surface area (TPSA) is 99.8 Å². The van der Waals surface area contributed by atoms with Gasteiger partial charge in [0.1, 0.15) is 5.82 Å². The Bertz CT molecular complexity index is 722. The van der Waals surface area contributed by atoms with Gasteiger partial charge >= 0.3 is 0 Å². The summed E-state index contributed by atoms with van der Waals surface area (Å²) in [5.74, 6) is 0.191. The lowest BCUT2D eigenvalue weighted by molar-refractivity contribution is -0.115. The van der Waals surface area contributed by atoms with Crippen molar-refractivity contribution in [2.45, 2.75) is 26.2 Å². The monoisotopic (exact) mass is 299 g/mol. The summed E-state index contributed by atoms with van der Waals surface area (Å²) in [5.41, 5.74) is 3.13. The second-order valence-corrected chi connectivity index (χ2v) is 5.31. The minimum atomic E-state index is -0.367. The van der Waals surface area contributed by atoms with Gasteiger partial charge in [0, 0.05) is 5.56 Å². The van der Waals surface area contributed by atoms with Gasteiger partial charge in [0.25, 0.3) is 5.91 Å². The van der Waals surface area contributed by atoms with E-state index in [0.717, 1.165) is 19.3 Å². The number of anilines is 1. The van der Waals surface area contributed by atoms with Gasteiger partial charge < -0.3 is 5.32 Å². The lowest BCUT2D eigenvalue weighted by Crippen LogP contribution is -2.33. The van der Waals surface area contributed by atoms with E-state index in [1.54, 1.807) is 13.0 Å². The second-order valence-electron chi connectivity index (χ2n) is 5.31. The first-order chi connectivity index (χ1) is 10.6. The van der Waals surface area contributed by atoms with Gasteiger partial charge in [-0.3, -0.25) is 20.0 Å². The molecule has 2 aromatic rings. The number of rotatable bonds is 4. The fraction of sp³-hybridized carbons (Fsp3) is 0.333. The van der Waals surface area contributed by atoms with E-state index in [1.165, 1.54) is 11.1 Å². The molecule has 0 bridgehead atoms. The van der Waals surface area contributed by atoms with Gasteiger partial charge in [-0.25, -0.2) is 0 Å². The fourth-order valence-electron chi connectivity index (χ4n) is 2.54. The van der Waals surface area contributed by atoms with Crippen molar-refractivity contribution in [1.82, 2.24) is 20.5 Å². The number of aromatic nitrogens is 3. The average molecular weight is 299 g/mol. The number of benzene rings is 1. The summed E-state index contributed by atoms with van der Waals surface area (Å²) < 4.78 is 0. The second kappa shape index (κ2) is 5.97. The molecule has 0 radical (unpaired) electrons. The van der Waals surface area contributed by atoms with Crippen LogP contribution in [0.1, 0.15) is 33.7 Å². The van der Waals surface area contributed by atoms with Crippen molar-refractivity contribution < 1.29 is 9.59 Å². The molecule has 1 heterocycles. The molecule has 1 aromatic heterocycles. The number of carbonyl (C=O) groups is 2. The van der Waals surface area contributed by atoms with Crippen LogP contribution < -0.4 is 10.6 Å². The smallest absolute Gasteiger partial charge is 0.251 e. The van der Waals surface area contributed by atoms with Crippen LogP contribution in [0.5, 0.6) is 0 Å². The Morgan fingerprint density at radius 1 is 1.27 bits per heavy atom. The van der Waals surface area contributed by atoms with Crippen LogP contribution in [-0.4, -0.2) is 33.5 Å². The molecule has 7 nitrogen and oxygen atoms in total. The van der Waals surface area contributed by atoms with Gasteiger partial charge in [-0.2, -0.15) is 4.98 Å². The molecule has 3 N–H and O–H groups in total. The Balaban J connectivity index is 1.54. The Labute approximate surface area is 127 Å². The van der Waals surface area contributed by atoms with Crippen LogP contribution in [-0.2, 0) is 17.6 Å². The van der Waals surface area contributed by atoms with E-state index in [9.17, 15) is 9.59 Å². The molecule has 0 fully saturated rings. The maximum atomic E-state index is 12.1. The molecule has 7 heteroatoms. The highest BCUT2D eigenvalue weighted by Crippen LogP contribution is 2.22. The predicted molar refractivity (Wildman–Crippen MR) is 80.5 cm³/mol. The number of aromatic amines is 1. The Morgan fingerprint density at radius 3 is 2.86 bits per heavy atom. The van der Waals surface area contributed by atoms with Crippen LogP contribution in [0.15, 0.2) is 18.2 Å². The first-order valence-corrected chi connectivity index (χ1v) is 7.20. The van der Waals surface area contributed by atoms with Crippen molar-refractivity contribution in [2.75, 3.05) is 11.9 Å². The third-order valence-corrected chi connectivity index (χ3v) is 3.62. The van der Waals surface area contributed by atoms with E-state index < -0.39 is 0 Å². The molecule has 0 unspecified atom stereocenters. The molecule has 2 amide bonds. The zero-order valence-corrected chi connectivity index (χ0v) is 12.3. The van der Waals surface area contributed by atoms with Crippen molar-refractivity contribution in [1.29, 1.82) is 0 Å². The molecule has 114 valence electrons. The Kier molecular flexibility index (Phi) is 3.86. The van der Waals surface area contributed by atoms with Gasteiger partial charge in [0.15, 0.2) is 0 Å². The van der Waals surface area contributed by atoms with Crippen molar-refractivity contribution in [3.8, 4) is 0 Å². The highest BCUT2D eigenvalue weighted by Gasteiger charge is 2.14. The third-order valence-electron chi connectivity index (χ3n) is 3.62. The van der Waals surface area contributed by atoms with E-state index in [1.807, 2.05) is 12.1 Å². The number of nitrogens with zero attached hydrogens (tertiary/aromatic N) is 2. The van der Waals surface area contributed by atoms with Crippen molar-refractivity contribution >= 4 is 17.8 Å². The zero-order chi connectivity index (χ0) is 15.5. The molecule has 1 aromatic carbocycles. The zero-order valence-electron chi connectivity index (χ0n) is 12.3. The molecule has 0 saturated heterocycles. The minimum Gasteiger partial charge on any atom is -0.343 e. The molecule has 1 aliphatic rings. The molecule has 1 aliphatic carbocycles. The highest BCUT2D eigenvalue weighted by molar-refractivity contribution is 5.99. The SMILES string of the molecule is Cc1nc(NC(=O)CNC(=O)c2ccc3c(c2)CCC3)n[nH]1. The van der Waals surface area contributed by atoms with E-state index >= 15 is 0 Å². The van der Waals surface area contributed by atoms with E-state index in [4.69, 9.17) is 0 Å². The highest BCUT2D eigenvalue weighted by atomic mass is 16.2. The predicted octanol–water partition coefficient (Wildman–Crippen LogP) is 0.970. The third kappa shape index (κ3) is 3.13. The lowest BCUT2D eigenvalue weighted by atomic mass is 10.1. The molecule has 22 heavy (non-hydrogen) atoms. The van der Waals surface area contributed by atoms with Gasteiger partial charge in [0.2, 0.25) is 11.9 Å².